The Balaban J connectivity index is 1.23. The van der Waals surface area contributed by atoms with Crippen molar-refractivity contribution in [1.29, 1.82) is 0 Å². The van der Waals surface area contributed by atoms with Crippen LogP contribution in [0.4, 0.5) is 0 Å². The fourth-order valence-electron chi connectivity index (χ4n) is 8.35. The van der Waals surface area contributed by atoms with E-state index in [1.165, 1.54) is 50.5 Å². The molecule has 0 amide bonds. The summed E-state index contributed by atoms with van der Waals surface area (Å²) in [7, 11) is 0. The zero-order chi connectivity index (χ0) is 21.6. The molecule has 1 heterocycles. The van der Waals surface area contributed by atoms with Gasteiger partial charge in [0.2, 0.25) is 0 Å². The summed E-state index contributed by atoms with van der Waals surface area (Å²) < 4.78 is 6.18. The lowest BCUT2D eigenvalue weighted by Gasteiger charge is -2.57. The highest BCUT2D eigenvalue weighted by molar-refractivity contribution is 5.91. The Morgan fingerprint density at radius 1 is 1.03 bits per heavy atom. The third-order valence-electron chi connectivity index (χ3n) is 10.2. The van der Waals surface area contributed by atoms with E-state index >= 15 is 0 Å². The van der Waals surface area contributed by atoms with Crippen LogP contribution in [0.5, 0.6) is 0 Å². The second-order valence-electron chi connectivity index (χ2n) is 11.7. The fourth-order valence-corrected chi connectivity index (χ4v) is 8.35. The quantitative estimate of drug-likeness (QED) is 0.571. The minimum Gasteiger partial charge on any atom is -0.462 e. The number of carbonyl (C=O) groups excluding carboxylic acids is 2. The molecule has 0 bridgehead atoms. The average Bonchev–Trinajstić information content (AvgIpc) is 3.10. The summed E-state index contributed by atoms with van der Waals surface area (Å²) in [6.07, 6.45) is 15.2. The van der Waals surface area contributed by atoms with Crippen LogP contribution in [-0.4, -0.2) is 42.4 Å². The van der Waals surface area contributed by atoms with Crippen LogP contribution in [0.25, 0.3) is 0 Å². The first-order valence-electron chi connectivity index (χ1n) is 13.1. The lowest BCUT2D eigenvalue weighted by Crippen LogP contribution is -2.51. The van der Waals surface area contributed by atoms with Crippen molar-refractivity contribution in [3.05, 3.63) is 11.6 Å². The van der Waals surface area contributed by atoms with Gasteiger partial charge in [0.15, 0.2) is 5.78 Å². The van der Waals surface area contributed by atoms with Crippen LogP contribution in [0.1, 0.15) is 90.9 Å². The number of ketones is 1. The zero-order valence-corrected chi connectivity index (χ0v) is 19.7. The van der Waals surface area contributed by atoms with E-state index in [-0.39, 0.29) is 22.9 Å². The molecule has 4 fully saturated rings. The Hall–Kier alpha value is -1.16. The summed E-state index contributed by atoms with van der Waals surface area (Å²) >= 11 is 0. The Labute approximate surface area is 188 Å². The number of nitrogens with zero attached hydrogens (tertiary/aromatic N) is 1. The van der Waals surface area contributed by atoms with Crippen molar-refractivity contribution in [1.82, 2.24) is 4.90 Å². The van der Waals surface area contributed by atoms with E-state index in [1.807, 2.05) is 6.08 Å². The summed E-state index contributed by atoms with van der Waals surface area (Å²) in [5, 5.41) is 0. The Kier molecular flexibility index (Phi) is 5.82. The van der Waals surface area contributed by atoms with E-state index in [1.54, 1.807) is 0 Å². The molecule has 4 nitrogen and oxygen atoms in total. The number of allylic oxidation sites excluding steroid dienone is 1. The van der Waals surface area contributed by atoms with Gasteiger partial charge in [0.1, 0.15) is 6.10 Å². The van der Waals surface area contributed by atoms with Gasteiger partial charge in [-0.05, 0) is 100 Å². The molecule has 1 aliphatic heterocycles. The summed E-state index contributed by atoms with van der Waals surface area (Å²) in [5.74, 6) is 2.45. The second kappa shape index (κ2) is 8.32. The maximum atomic E-state index is 12.7. The van der Waals surface area contributed by atoms with E-state index in [4.69, 9.17) is 4.74 Å². The lowest BCUT2D eigenvalue weighted by molar-refractivity contribution is -0.160. The van der Waals surface area contributed by atoms with Crippen LogP contribution in [0.2, 0.25) is 0 Å². The van der Waals surface area contributed by atoms with Crippen LogP contribution in [0.15, 0.2) is 11.6 Å². The van der Waals surface area contributed by atoms with Gasteiger partial charge >= 0.3 is 5.97 Å². The van der Waals surface area contributed by atoms with Crippen LogP contribution in [0.3, 0.4) is 0 Å². The third kappa shape index (κ3) is 3.81. The number of ether oxygens (including phenoxy) is 1. The van der Waals surface area contributed by atoms with E-state index < -0.39 is 0 Å². The molecule has 6 unspecified atom stereocenters. The van der Waals surface area contributed by atoms with Crippen molar-refractivity contribution in [3.63, 3.8) is 0 Å². The summed E-state index contributed by atoms with van der Waals surface area (Å²) in [6.45, 7) is 8.00. The normalized spacial score (nSPS) is 42.9. The highest BCUT2D eigenvalue weighted by Gasteiger charge is 2.59. The van der Waals surface area contributed by atoms with Gasteiger partial charge in [0.25, 0.3) is 0 Å². The van der Waals surface area contributed by atoms with Crippen molar-refractivity contribution in [2.75, 3.05) is 19.6 Å². The molecule has 4 heteroatoms. The molecule has 5 rings (SSSR count). The summed E-state index contributed by atoms with van der Waals surface area (Å²) in [5.41, 5.74) is 1.80. The van der Waals surface area contributed by atoms with Crippen molar-refractivity contribution < 1.29 is 14.3 Å². The monoisotopic (exact) mass is 427 g/mol. The molecule has 0 spiro atoms. The van der Waals surface area contributed by atoms with Crippen molar-refractivity contribution >= 4 is 11.8 Å². The molecule has 5 aliphatic rings. The molecule has 3 saturated carbocycles. The number of fused-ring (bicyclic) bond motifs is 5. The molecule has 0 aromatic carbocycles. The largest absolute Gasteiger partial charge is 0.462 e. The number of hydrogen-bond acceptors (Lipinski definition) is 4. The number of esters is 1. The van der Waals surface area contributed by atoms with Gasteiger partial charge in [0.05, 0.1) is 6.42 Å². The van der Waals surface area contributed by atoms with Gasteiger partial charge in [-0.1, -0.05) is 25.8 Å². The molecular weight excluding hydrogens is 386 g/mol. The average molecular weight is 428 g/mol. The first-order valence-corrected chi connectivity index (χ1v) is 13.1. The van der Waals surface area contributed by atoms with Gasteiger partial charge < -0.3 is 9.64 Å². The van der Waals surface area contributed by atoms with Gasteiger partial charge in [0, 0.05) is 18.4 Å². The molecule has 1 saturated heterocycles. The predicted molar refractivity (Wildman–Crippen MR) is 121 cm³/mol. The number of carbonyl (C=O) groups is 2. The summed E-state index contributed by atoms with van der Waals surface area (Å²) in [4.78, 5) is 27.2. The van der Waals surface area contributed by atoms with E-state index in [0.29, 0.717) is 24.0 Å². The maximum Gasteiger partial charge on any atom is 0.307 e. The van der Waals surface area contributed by atoms with Crippen LogP contribution < -0.4 is 0 Å². The topological polar surface area (TPSA) is 46.6 Å². The van der Waals surface area contributed by atoms with Gasteiger partial charge in [-0.3, -0.25) is 9.59 Å². The SMILES string of the molecule is CC12CCC(=O)C=C1CCC1C2CCC2(C)C(OC(=O)CCN3CCCCC3)CCC12. The number of likely N-dealkylation sites (tertiary alicyclic amines) is 1. The molecule has 4 aliphatic carbocycles. The highest BCUT2D eigenvalue weighted by atomic mass is 16.5. The molecule has 0 radical (unpaired) electrons. The van der Waals surface area contributed by atoms with Crippen LogP contribution in [0, 0.1) is 28.6 Å². The van der Waals surface area contributed by atoms with E-state index in [2.05, 4.69) is 18.7 Å². The zero-order valence-electron chi connectivity index (χ0n) is 19.7. The molecule has 0 aromatic heterocycles. The standard InChI is InChI=1S/C27H41NO3/c1-26-13-10-20(29)18-19(26)6-7-21-22-8-9-24(27(22,2)14-11-23(21)26)31-25(30)12-17-28-15-4-3-5-16-28/h18,21-24H,3-17H2,1-2H3. The molecular formula is C27H41NO3. The van der Waals surface area contributed by atoms with Crippen LogP contribution >= 0.6 is 0 Å². The second-order valence-corrected chi connectivity index (χ2v) is 11.7. The maximum absolute atomic E-state index is 12.7. The van der Waals surface area contributed by atoms with Crippen LogP contribution in [-0.2, 0) is 14.3 Å². The summed E-state index contributed by atoms with van der Waals surface area (Å²) in [6, 6.07) is 0. The minimum atomic E-state index is 0.0196. The third-order valence-corrected chi connectivity index (χ3v) is 10.2. The first-order chi connectivity index (χ1) is 14.9. The number of piperidine rings is 1. The smallest absolute Gasteiger partial charge is 0.307 e. The minimum absolute atomic E-state index is 0.0196. The van der Waals surface area contributed by atoms with Gasteiger partial charge in [-0.15, -0.1) is 0 Å². The van der Waals surface area contributed by atoms with Crippen molar-refractivity contribution in [2.45, 2.75) is 97.0 Å². The Bertz CT molecular complexity index is 754. The van der Waals surface area contributed by atoms with E-state index in [0.717, 1.165) is 51.2 Å². The molecule has 0 aromatic rings. The number of hydrogen-bond donors (Lipinski definition) is 0. The fraction of sp³-hybridized carbons (Fsp3) is 0.852. The van der Waals surface area contributed by atoms with Crippen molar-refractivity contribution in [2.24, 2.45) is 28.6 Å². The van der Waals surface area contributed by atoms with E-state index in [9.17, 15) is 9.59 Å². The Morgan fingerprint density at radius 3 is 2.65 bits per heavy atom. The molecule has 0 N–H and O–H groups in total. The highest BCUT2D eigenvalue weighted by Crippen LogP contribution is 2.65. The van der Waals surface area contributed by atoms with Gasteiger partial charge in [-0.2, -0.15) is 0 Å². The van der Waals surface area contributed by atoms with Gasteiger partial charge in [-0.25, -0.2) is 0 Å². The molecule has 6 atom stereocenters. The predicted octanol–water partition coefficient (Wildman–Crippen LogP) is 5.31. The molecule has 172 valence electrons. The Morgan fingerprint density at radius 2 is 1.84 bits per heavy atom. The molecule has 31 heavy (non-hydrogen) atoms. The number of rotatable bonds is 4. The first kappa shape index (κ1) is 21.7. The van der Waals surface area contributed by atoms with Crippen molar-refractivity contribution in [3.8, 4) is 0 Å². The lowest BCUT2D eigenvalue weighted by atomic mass is 9.47.